The second-order valence-electron chi connectivity index (χ2n) is 5.29. The monoisotopic (exact) mass is 281 g/mol. The number of ketones is 1. The highest BCUT2D eigenvalue weighted by Crippen LogP contribution is 2.31. The summed E-state index contributed by atoms with van der Waals surface area (Å²) < 4.78 is 0. The predicted octanol–water partition coefficient (Wildman–Crippen LogP) is 2.10. The number of hydrogen-bond acceptors (Lipinski definition) is 3. The third-order valence-electron chi connectivity index (χ3n) is 3.85. The minimum Gasteiger partial charge on any atom is -0.373 e. The van der Waals surface area contributed by atoms with Gasteiger partial charge in [-0.05, 0) is 24.1 Å². The number of aryl methyl sites for hydroxylation is 1. The number of amides is 1. The summed E-state index contributed by atoms with van der Waals surface area (Å²) >= 11 is 0. The molecule has 1 atom stereocenters. The van der Waals surface area contributed by atoms with Crippen LogP contribution in [0, 0.1) is 6.92 Å². The molecule has 2 aromatic rings. The minimum atomic E-state index is -2.02. The van der Waals surface area contributed by atoms with E-state index >= 15 is 0 Å². The van der Waals surface area contributed by atoms with Gasteiger partial charge in [0.2, 0.25) is 11.4 Å². The Bertz CT molecular complexity index is 738. The van der Waals surface area contributed by atoms with Crippen LogP contribution < -0.4 is 5.32 Å². The van der Waals surface area contributed by atoms with Crippen LogP contribution in [0.3, 0.4) is 0 Å². The lowest BCUT2D eigenvalue weighted by Gasteiger charge is -2.20. The van der Waals surface area contributed by atoms with Crippen molar-refractivity contribution in [3.8, 4) is 0 Å². The molecule has 0 bridgehead atoms. The fourth-order valence-electron chi connectivity index (χ4n) is 2.60. The molecule has 1 unspecified atom stereocenters. The molecule has 0 aromatic heterocycles. The molecule has 3 rings (SSSR count). The third kappa shape index (κ3) is 2.14. The Morgan fingerprint density at radius 1 is 1.14 bits per heavy atom. The van der Waals surface area contributed by atoms with Crippen LogP contribution in [0.25, 0.3) is 0 Å². The molecule has 21 heavy (non-hydrogen) atoms. The summed E-state index contributed by atoms with van der Waals surface area (Å²) in [7, 11) is 0. The summed E-state index contributed by atoms with van der Waals surface area (Å²) in [6.07, 6.45) is 0.0136. The number of Topliss-reactive ketones (excluding diaryl/α,β-unsaturated/α-hetero) is 1. The first-order valence-electron chi connectivity index (χ1n) is 6.74. The van der Waals surface area contributed by atoms with Gasteiger partial charge in [0.25, 0.3) is 5.91 Å². The molecule has 1 amide bonds. The van der Waals surface area contributed by atoms with Crippen LogP contribution in [0.15, 0.2) is 48.5 Å². The molecule has 0 saturated carbocycles. The number of anilines is 1. The minimum absolute atomic E-state index is 0.0136. The predicted molar refractivity (Wildman–Crippen MR) is 79.2 cm³/mol. The first-order valence-corrected chi connectivity index (χ1v) is 6.74. The van der Waals surface area contributed by atoms with Crippen molar-refractivity contribution in [3.05, 3.63) is 65.2 Å². The number of nitrogens with one attached hydrogen (secondary N) is 1. The molecular weight excluding hydrogens is 266 g/mol. The summed E-state index contributed by atoms with van der Waals surface area (Å²) in [4.78, 5) is 24.7. The van der Waals surface area contributed by atoms with E-state index in [1.807, 2.05) is 19.1 Å². The van der Waals surface area contributed by atoms with Crippen LogP contribution >= 0.6 is 0 Å². The Morgan fingerprint density at radius 3 is 2.52 bits per heavy atom. The smallest absolute Gasteiger partial charge is 0.264 e. The Hall–Kier alpha value is -2.46. The zero-order valence-electron chi connectivity index (χ0n) is 11.6. The van der Waals surface area contributed by atoms with Crippen molar-refractivity contribution >= 4 is 17.4 Å². The number of benzene rings is 2. The van der Waals surface area contributed by atoms with Gasteiger partial charge in [-0.1, -0.05) is 42.5 Å². The van der Waals surface area contributed by atoms with Gasteiger partial charge in [-0.25, -0.2) is 0 Å². The molecule has 0 heterocycles. The largest absolute Gasteiger partial charge is 0.373 e. The number of aliphatic hydroxyl groups is 1. The van der Waals surface area contributed by atoms with E-state index in [2.05, 4.69) is 5.32 Å². The van der Waals surface area contributed by atoms with Crippen LogP contribution in [0.2, 0.25) is 0 Å². The van der Waals surface area contributed by atoms with Gasteiger partial charge in [0.1, 0.15) is 0 Å². The topological polar surface area (TPSA) is 66.4 Å². The molecular formula is C17H15NO3. The molecule has 4 heteroatoms. The molecule has 0 aliphatic heterocycles. The van der Waals surface area contributed by atoms with E-state index in [0.717, 1.165) is 5.56 Å². The third-order valence-corrected chi connectivity index (χ3v) is 3.85. The Morgan fingerprint density at radius 2 is 1.81 bits per heavy atom. The van der Waals surface area contributed by atoms with Crippen LogP contribution in [-0.2, 0) is 11.2 Å². The van der Waals surface area contributed by atoms with Gasteiger partial charge in [0.15, 0.2) is 0 Å². The van der Waals surface area contributed by atoms with Gasteiger partial charge in [-0.2, -0.15) is 0 Å². The zero-order valence-corrected chi connectivity index (χ0v) is 11.6. The van der Waals surface area contributed by atoms with Crippen LogP contribution in [0.4, 0.5) is 5.69 Å². The van der Waals surface area contributed by atoms with E-state index in [1.54, 1.807) is 36.4 Å². The number of hydrogen-bond donors (Lipinski definition) is 2. The molecule has 2 N–H and O–H groups in total. The van der Waals surface area contributed by atoms with Gasteiger partial charge in [0.05, 0.1) is 0 Å². The molecule has 0 fully saturated rings. The lowest BCUT2D eigenvalue weighted by atomic mass is 9.97. The maximum absolute atomic E-state index is 12.4. The van der Waals surface area contributed by atoms with Crippen molar-refractivity contribution in [2.75, 3.05) is 5.32 Å². The van der Waals surface area contributed by atoms with Crippen molar-refractivity contribution in [1.82, 2.24) is 0 Å². The number of rotatable bonds is 2. The van der Waals surface area contributed by atoms with Crippen LogP contribution in [0.1, 0.15) is 21.5 Å². The normalized spacial score (nSPS) is 20.2. The highest BCUT2D eigenvalue weighted by atomic mass is 16.3. The number of carbonyl (C=O) groups excluding carboxylic acids is 2. The van der Waals surface area contributed by atoms with Gasteiger partial charge in [0, 0.05) is 17.7 Å². The summed E-state index contributed by atoms with van der Waals surface area (Å²) in [6.45, 7) is 1.85. The maximum atomic E-state index is 12.4. The standard InChI is InChI=1S/C17H15NO3/c1-11-6-2-5-9-14(11)18-16(20)17(21)10-12-7-3-4-8-13(12)15(17)19/h2-9,21H,10H2,1H3,(H,18,20). The highest BCUT2D eigenvalue weighted by Gasteiger charge is 2.50. The lowest BCUT2D eigenvalue weighted by Crippen LogP contribution is -2.48. The van der Waals surface area contributed by atoms with E-state index in [1.165, 1.54) is 0 Å². The first-order chi connectivity index (χ1) is 10.0. The molecule has 4 nitrogen and oxygen atoms in total. The van der Waals surface area contributed by atoms with Gasteiger partial charge < -0.3 is 10.4 Å². The van der Waals surface area contributed by atoms with E-state index in [9.17, 15) is 14.7 Å². The van der Waals surface area contributed by atoms with Crippen LogP contribution in [-0.4, -0.2) is 22.4 Å². The fraction of sp³-hybridized carbons (Fsp3) is 0.176. The molecule has 0 spiro atoms. The maximum Gasteiger partial charge on any atom is 0.264 e. The Balaban J connectivity index is 1.89. The SMILES string of the molecule is Cc1ccccc1NC(=O)C1(O)Cc2ccccc2C1=O. The molecule has 0 saturated heterocycles. The quantitative estimate of drug-likeness (QED) is 0.828. The highest BCUT2D eigenvalue weighted by molar-refractivity contribution is 6.22. The van der Waals surface area contributed by atoms with Gasteiger partial charge in [-0.3, -0.25) is 9.59 Å². The van der Waals surface area contributed by atoms with Crippen LogP contribution in [0.5, 0.6) is 0 Å². The first kappa shape index (κ1) is 13.5. The molecule has 1 aliphatic carbocycles. The molecule has 2 aromatic carbocycles. The summed E-state index contributed by atoms with van der Waals surface area (Å²) in [5.41, 5.74) is 0.563. The average Bonchev–Trinajstić information content (AvgIpc) is 2.75. The second-order valence-corrected chi connectivity index (χ2v) is 5.29. The zero-order chi connectivity index (χ0) is 15.0. The van der Waals surface area contributed by atoms with E-state index in [0.29, 0.717) is 16.8 Å². The average molecular weight is 281 g/mol. The number of para-hydroxylation sites is 1. The van der Waals surface area contributed by atoms with Crippen molar-refractivity contribution in [1.29, 1.82) is 0 Å². The van der Waals surface area contributed by atoms with Gasteiger partial charge >= 0.3 is 0 Å². The molecule has 0 radical (unpaired) electrons. The van der Waals surface area contributed by atoms with Gasteiger partial charge in [-0.15, -0.1) is 0 Å². The van der Waals surface area contributed by atoms with Crippen molar-refractivity contribution < 1.29 is 14.7 Å². The summed E-state index contributed by atoms with van der Waals surface area (Å²) in [5, 5.41) is 13.2. The van der Waals surface area contributed by atoms with Crippen molar-refractivity contribution in [2.24, 2.45) is 0 Å². The summed E-state index contributed by atoms with van der Waals surface area (Å²) in [6, 6.07) is 14.1. The van der Waals surface area contributed by atoms with Crippen molar-refractivity contribution in [2.45, 2.75) is 18.9 Å². The Labute approximate surface area is 122 Å². The van der Waals surface area contributed by atoms with E-state index < -0.39 is 17.3 Å². The summed E-state index contributed by atoms with van der Waals surface area (Å²) in [5.74, 6) is -1.22. The van der Waals surface area contributed by atoms with E-state index in [-0.39, 0.29) is 6.42 Å². The van der Waals surface area contributed by atoms with Crippen molar-refractivity contribution in [3.63, 3.8) is 0 Å². The molecule has 106 valence electrons. The lowest BCUT2D eigenvalue weighted by molar-refractivity contribution is -0.129. The Kier molecular flexibility index (Phi) is 3.11. The number of carbonyl (C=O) groups is 2. The fourth-order valence-corrected chi connectivity index (χ4v) is 2.60. The van der Waals surface area contributed by atoms with E-state index in [4.69, 9.17) is 0 Å². The molecule has 1 aliphatic rings. The second kappa shape index (κ2) is 4.82. The number of fused-ring (bicyclic) bond motifs is 1.